The molecule has 0 aliphatic rings. The number of rotatable bonds is 7. The lowest BCUT2D eigenvalue weighted by molar-refractivity contribution is -0.141. The third-order valence-corrected chi connectivity index (χ3v) is 1.27. The van der Waals surface area contributed by atoms with Crippen LogP contribution in [0.5, 0.6) is 0 Å². The van der Waals surface area contributed by atoms with Gasteiger partial charge in [-0.2, -0.15) is 0 Å². The highest BCUT2D eigenvalue weighted by atomic mass is 16.5. The summed E-state index contributed by atoms with van der Waals surface area (Å²) in [6, 6.07) is 0. The molecule has 0 saturated carbocycles. The van der Waals surface area contributed by atoms with Crippen molar-refractivity contribution < 1.29 is 19.4 Å². The Bertz CT molecular complexity index is 208. The Labute approximate surface area is 83.1 Å². The molecular weight excluding hydrogens is 184 g/mol. The average Bonchev–Trinajstić information content (AvgIpc) is 2.22. The van der Waals surface area contributed by atoms with Crippen molar-refractivity contribution in [2.24, 2.45) is 0 Å². The minimum absolute atomic E-state index is 0.00920. The van der Waals surface area contributed by atoms with Gasteiger partial charge in [-0.05, 0) is 6.08 Å². The molecular formula is C10H14O4. The van der Waals surface area contributed by atoms with Gasteiger partial charge < -0.3 is 14.6 Å². The van der Waals surface area contributed by atoms with E-state index < -0.39 is 12.1 Å². The van der Waals surface area contributed by atoms with Gasteiger partial charge >= 0.3 is 5.97 Å². The normalized spacial score (nSPS) is 11.2. The van der Waals surface area contributed by atoms with Crippen molar-refractivity contribution >= 4 is 5.97 Å². The zero-order valence-corrected chi connectivity index (χ0v) is 7.94. The molecule has 0 aliphatic heterocycles. The minimum Gasteiger partial charge on any atom is -0.491 e. The van der Waals surface area contributed by atoms with Crippen LogP contribution in [-0.4, -0.2) is 30.4 Å². The van der Waals surface area contributed by atoms with Gasteiger partial charge in [0.15, 0.2) is 0 Å². The van der Waals surface area contributed by atoms with Crippen LogP contribution in [0.15, 0.2) is 37.6 Å². The van der Waals surface area contributed by atoms with Crippen molar-refractivity contribution in [2.75, 3.05) is 13.2 Å². The number of aliphatic hydroxyl groups excluding tert-OH is 1. The Morgan fingerprint density at radius 2 is 1.86 bits per heavy atom. The molecule has 0 bridgehead atoms. The van der Waals surface area contributed by atoms with E-state index in [0.717, 1.165) is 6.08 Å². The molecule has 0 radical (unpaired) electrons. The van der Waals surface area contributed by atoms with Crippen LogP contribution in [-0.2, 0) is 14.3 Å². The third kappa shape index (κ3) is 6.02. The average molecular weight is 198 g/mol. The topological polar surface area (TPSA) is 55.8 Å². The third-order valence-electron chi connectivity index (χ3n) is 1.27. The summed E-state index contributed by atoms with van der Waals surface area (Å²) in [5.41, 5.74) is 0. The number of ether oxygens (including phenoxy) is 2. The first-order valence-corrected chi connectivity index (χ1v) is 4.01. The van der Waals surface area contributed by atoms with Crippen LogP contribution in [0.1, 0.15) is 0 Å². The summed E-state index contributed by atoms with van der Waals surface area (Å²) in [5, 5.41) is 9.23. The second kappa shape index (κ2) is 6.91. The summed E-state index contributed by atoms with van der Waals surface area (Å²) in [6.45, 7) is 9.99. The summed E-state index contributed by atoms with van der Waals surface area (Å²) in [5.74, 6) is -0.217. The van der Waals surface area contributed by atoms with Crippen molar-refractivity contribution in [3.8, 4) is 0 Å². The van der Waals surface area contributed by atoms with Gasteiger partial charge in [-0.1, -0.05) is 19.7 Å². The van der Waals surface area contributed by atoms with Gasteiger partial charge in [0, 0.05) is 6.08 Å². The van der Waals surface area contributed by atoms with Gasteiger partial charge in [0.2, 0.25) is 0 Å². The smallest absolute Gasteiger partial charge is 0.330 e. The maximum absolute atomic E-state index is 10.6. The quantitative estimate of drug-likeness (QED) is 0.284. The van der Waals surface area contributed by atoms with Crippen LogP contribution in [0.4, 0.5) is 0 Å². The van der Waals surface area contributed by atoms with Gasteiger partial charge in [0.05, 0.1) is 0 Å². The van der Waals surface area contributed by atoms with Crippen LogP contribution in [0.25, 0.3) is 0 Å². The minimum atomic E-state index is -0.879. The van der Waals surface area contributed by atoms with E-state index in [-0.39, 0.29) is 13.2 Å². The van der Waals surface area contributed by atoms with Gasteiger partial charge in [0.1, 0.15) is 25.1 Å². The van der Waals surface area contributed by atoms with E-state index >= 15 is 0 Å². The second-order valence-electron chi connectivity index (χ2n) is 2.47. The molecule has 1 unspecified atom stereocenters. The molecule has 4 heteroatoms. The highest BCUT2D eigenvalue weighted by Crippen LogP contribution is 1.96. The number of allylic oxidation sites excluding steroid dienone is 1. The van der Waals surface area contributed by atoms with Crippen molar-refractivity contribution in [2.45, 2.75) is 6.10 Å². The van der Waals surface area contributed by atoms with E-state index in [1.807, 2.05) is 0 Å². The fraction of sp³-hybridized carbons (Fsp3) is 0.300. The molecule has 4 nitrogen and oxygen atoms in total. The van der Waals surface area contributed by atoms with Crippen LogP contribution >= 0.6 is 0 Å². The first-order valence-electron chi connectivity index (χ1n) is 4.01. The Morgan fingerprint density at radius 1 is 1.29 bits per heavy atom. The molecule has 0 saturated heterocycles. The molecule has 0 spiro atoms. The maximum Gasteiger partial charge on any atom is 0.330 e. The monoisotopic (exact) mass is 198 g/mol. The number of carbonyl (C=O) groups is 1. The first kappa shape index (κ1) is 12.4. The molecule has 0 amide bonds. The largest absolute Gasteiger partial charge is 0.491 e. The number of esters is 1. The van der Waals surface area contributed by atoms with Crippen molar-refractivity contribution in [3.05, 3.63) is 37.6 Å². The van der Waals surface area contributed by atoms with Crippen LogP contribution in [0.3, 0.4) is 0 Å². The summed E-state index contributed by atoms with van der Waals surface area (Å²) in [7, 11) is 0. The Kier molecular flexibility index (Phi) is 6.15. The number of aliphatic hydroxyl groups is 1. The van der Waals surface area contributed by atoms with E-state index in [1.54, 1.807) is 0 Å². The van der Waals surface area contributed by atoms with E-state index in [2.05, 4.69) is 24.5 Å². The molecule has 0 aromatic rings. The van der Waals surface area contributed by atoms with Crippen molar-refractivity contribution in [1.29, 1.82) is 0 Å². The fourth-order valence-corrected chi connectivity index (χ4v) is 0.548. The maximum atomic E-state index is 10.6. The molecule has 0 heterocycles. The van der Waals surface area contributed by atoms with E-state index in [4.69, 9.17) is 4.74 Å². The number of hydrogen-bond donors (Lipinski definition) is 1. The Hall–Kier alpha value is -1.55. The summed E-state index contributed by atoms with van der Waals surface area (Å²) >= 11 is 0. The lowest BCUT2D eigenvalue weighted by Gasteiger charge is -2.11. The van der Waals surface area contributed by atoms with Crippen LogP contribution in [0, 0.1) is 0 Å². The predicted molar refractivity (Wildman–Crippen MR) is 52.5 cm³/mol. The fourth-order valence-electron chi connectivity index (χ4n) is 0.548. The standard InChI is InChI=1S/C10H14O4/c1-4-8(3)13-6-9(11)7-14-10(12)5-2/h4-5,9,11H,1-3,6-7H2. The van der Waals surface area contributed by atoms with Crippen LogP contribution < -0.4 is 0 Å². The second-order valence-corrected chi connectivity index (χ2v) is 2.47. The van der Waals surface area contributed by atoms with Crippen molar-refractivity contribution in [3.63, 3.8) is 0 Å². The van der Waals surface area contributed by atoms with Gasteiger partial charge in [0.25, 0.3) is 0 Å². The zero-order valence-electron chi connectivity index (χ0n) is 7.94. The Balaban J connectivity index is 3.60. The highest BCUT2D eigenvalue weighted by Gasteiger charge is 2.07. The summed E-state index contributed by atoms with van der Waals surface area (Å²) < 4.78 is 9.52. The van der Waals surface area contributed by atoms with E-state index in [1.165, 1.54) is 6.08 Å². The molecule has 0 fully saturated rings. The van der Waals surface area contributed by atoms with Gasteiger partial charge in [-0.3, -0.25) is 0 Å². The first-order chi connectivity index (χ1) is 6.60. The van der Waals surface area contributed by atoms with Gasteiger partial charge in [-0.25, -0.2) is 4.79 Å². The highest BCUT2D eigenvalue weighted by molar-refractivity contribution is 5.81. The van der Waals surface area contributed by atoms with Crippen LogP contribution in [0.2, 0.25) is 0 Å². The molecule has 0 rings (SSSR count). The zero-order chi connectivity index (χ0) is 11.0. The molecule has 1 atom stereocenters. The van der Waals surface area contributed by atoms with E-state index in [9.17, 15) is 9.90 Å². The molecule has 14 heavy (non-hydrogen) atoms. The number of hydrogen-bond acceptors (Lipinski definition) is 4. The molecule has 78 valence electrons. The Morgan fingerprint density at radius 3 is 2.36 bits per heavy atom. The lowest BCUT2D eigenvalue weighted by Crippen LogP contribution is -2.22. The summed E-state index contributed by atoms with van der Waals surface area (Å²) in [4.78, 5) is 10.6. The van der Waals surface area contributed by atoms with E-state index in [0.29, 0.717) is 5.76 Å². The lowest BCUT2D eigenvalue weighted by atomic mass is 10.4. The van der Waals surface area contributed by atoms with Crippen molar-refractivity contribution in [1.82, 2.24) is 0 Å². The molecule has 0 aliphatic carbocycles. The number of carbonyl (C=O) groups excluding carboxylic acids is 1. The SMILES string of the molecule is C=CC(=C)OCC(O)COC(=O)C=C. The molecule has 1 N–H and O–H groups in total. The molecule has 0 aromatic heterocycles. The molecule has 0 aromatic carbocycles. The summed E-state index contributed by atoms with van der Waals surface area (Å²) in [6.07, 6.45) is 1.56. The van der Waals surface area contributed by atoms with Gasteiger partial charge in [-0.15, -0.1) is 0 Å². The predicted octanol–water partition coefficient (Wildman–Crippen LogP) is 0.793.